The topological polar surface area (TPSA) is 88.8 Å². The van der Waals surface area contributed by atoms with Gasteiger partial charge in [-0.05, 0) is 30.5 Å². The molecule has 3 heterocycles. The molecule has 1 aromatic carbocycles. The minimum Gasteiger partial charge on any atom is -0.356 e. The summed E-state index contributed by atoms with van der Waals surface area (Å²) in [6.07, 6.45) is 6.07. The minimum absolute atomic E-state index is 0.0334. The van der Waals surface area contributed by atoms with E-state index >= 15 is 0 Å². The van der Waals surface area contributed by atoms with Crippen molar-refractivity contribution in [1.29, 1.82) is 0 Å². The van der Waals surface area contributed by atoms with Crippen molar-refractivity contribution in [2.45, 2.75) is 19.4 Å². The molecule has 150 valence electrons. The van der Waals surface area contributed by atoms with E-state index in [9.17, 15) is 4.79 Å². The van der Waals surface area contributed by atoms with Gasteiger partial charge in [-0.1, -0.05) is 29.3 Å². The third kappa shape index (κ3) is 4.65. The smallest absolute Gasteiger partial charge is 0.223 e. The maximum atomic E-state index is 12.6. The van der Waals surface area contributed by atoms with E-state index in [0.29, 0.717) is 22.4 Å². The fourth-order valence-corrected chi connectivity index (χ4v) is 3.80. The number of piperidine rings is 1. The van der Waals surface area contributed by atoms with E-state index < -0.39 is 0 Å². The highest BCUT2D eigenvalue weighted by Crippen LogP contribution is 2.24. The normalized spacial score (nSPS) is 14.8. The van der Waals surface area contributed by atoms with Gasteiger partial charge in [0, 0.05) is 41.7 Å². The third-order valence-electron chi connectivity index (χ3n) is 4.95. The summed E-state index contributed by atoms with van der Waals surface area (Å²) in [6.45, 7) is 1.88. The lowest BCUT2D eigenvalue weighted by molar-refractivity contribution is -0.125. The van der Waals surface area contributed by atoms with Gasteiger partial charge in [-0.3, -0.25) is 4.79 Å². The van der Waals surface area contributed by atoms with Crippen LogP contribution in [0.5, 0.6) is 0 Å². The van der Waals surface area contributed by atoms with Crippen molar-refractivity contribution >= 4 is 34.9 Å². The zero-order valence-electron chi connectivity index (χ0n) is 15.5. The van der Waals surface area contributed by atoms with Gasteiger partial charge >= 0.3 is 0 Å². The first-order valence-electron chi connectivity index (χ1n) is 9.24. The summed E-state index contributed by atoms with van der Waals surface area (Å²) >= 11 is 12.1. The van der Waals surface area contributed by atoms with E-state index in [1.807, 2.05) is 12.1 Å². The molecule has 1 N–H and O–H groups in total. The predicted molar refractivity (Wildman–Crippen MR) is 110 cm³/mol. The standard InChI is InChI=1S/C19H19Cl2N7O/c20-15-2-1-14(16(21)7-15)9-23-19(29)13-3-5-27(6-4-13)17-8-18(25-11-24-17)28-12-22-10-26-28/h1-2,7-8,10-13H,3-6,9H2,(H,23,29). The highest BCUT2D eigenvalue weighted by atomic mass is 35.5. The zero-order valence-corrected chi connectivity index (χ0v) is 17.0. The Morgan fingerprint density at radius 2 is 1.90 bits per heavy atom. The summed E-state index contributed by atoms with van der Waals surface area (Å²) in [6, 6.07) is 7.15. The van der Waals surface area contributed by atoms with Crippen LogP contribution >= 0.6 is 23.2 Å². The first-order chi connectivity index (χ1) is 14.1. The molecule has 1 fully saturated rings. The number of nitrogens with zero attached hydrogens (tertiary/aromatic N) is 6. The summed E-state index contributed by atoms with van der Waals surface area (Å²) in [7, 11) is 0. The van der Waals surface area contributed by atoms with Crippen LogP contribution in [-0.4, -0.2) is 43.7 Å². The molecule has 3 aromatic rings. The number of hydrogen-bond acceptors (Lipinski definition) is 6. The van der Waals surface area contributed by atoms with Gasteiger partial charge < -0.3 is 10.2 Å². The molecular weight excluding hydrogens is 413 g/mol. The molecule has 1 aliphatic rings. The average molecular weight is 432 g/mol. The average Bonchev–Trinajstić information content (AvgIpc) is 3.28. The summed E-state index contributed by atoms with van der Waals surface area (Å²) in [5, 5.41) is 8.21. The van der Waals surface area contributed by atoms with Crippen LogP contribution in [0.4, 0.5) is 5.82 Å². The van der Waals surface area contributed by atoms with E-state index in [2.05, 4.69) is 30.3 Å². The third-order valence-corrected chi connectivity index (χ3v) is 5.54. The number of nitrogens with one attached hydrogen (secondary N) is 1. The van der Waals surface area contributed by atoms with Gasteiger partial charge in [-0.2, -0.15) is 5.10 Å². The summed E-state index contributed by atoms with van der Waals surface area (Å²) < 4.78 is 1.59. The molecule has 1 aliphatic heterocycles. The molecule has 29 heavy (non-hydrogen) atoms. The molecule has 0 bridgehead atoms. The van der Waals surface area contributed by atoms with Gasteiger partial charge in [0.1, 0.15) is 24.8 Å². The lowest BCUT2D eigenvalue weighted by atomic mass is 9.96. The Morgan fingerprint density at radius 3 is 2.62 bits per heavy atom. The van der Waals surface area contributed by atoms with Crippen molar-refractivity contribution in [3.05, 3.63) is 58.9 Å². The van der Waals surface area contributed by atoms with E-state index in [1.165, 1.54) is 12.7 Å². The Balaban J connectivity index is 1.32. The van der Waals surface area contributed by atoms with Crippen LogP contribution in [0, 0.1) is 5.92 Å². The second-order valence-electron chi connectivity index (χ2n) is 6.79. The first kappa shape index (κ1) is 19.6. The molecular formula is C19H19Cl2N7O. The van der Waals surface area contributed by atoms with E-state index in [0.717, 1.165) is 37.3 Å². The number of amides is 1. The molecule has 4 rings (SSSR count). The van der Waals surface area contributed by atoms with Gasteiger partial charge in [0.25, 0.3) is 0 Å². The maximum absolute atomic E-state index is 12.6. The van der Waals surface area contributed by atoms with Crippen LogP contribution in [0.2, 0.25) is 10.0 Å². The van der Waals surface area contributed by atoms with Crippen LogP contribution in [0.3, 0.4) is 0 Å². The van der Waals surface area contributed by atoms with Gasteiger partial charge in [-0.25, -0.2) is 19.6 Å². The van der Waals surface area contributed by atoms with Crippen LogP contribution in [0.25, 0.3) is 5.82 Å². The highest BCUT2D eigenvalue weighted by molar-refractivity contribution is 6.35. The van der Waals surface area contributed by atoms with Crippen LogP contribution in [0.1, 0.15) is 18.4 Å². The number of benzene rings is 1. The fourth-order valence-electron chi connectivity index (χ4n) is 3.32. The number of halogens is 2. The van der Waals surface area contributed by atoms with Gasteiger partial charge in [0.05, 0.1) is 0 Å². The Kier molecular flexibility index (Phi) is 5.92. The molecule has 2 aromatic heterocycles. The van der Waals surface area contributed by atoms with Crippen molar-refractivity contribution in [2.75, 3.05) is 18.0 Å². The van der Waals surface area contributed by atoms with Crippen molar-refractivity contribution in [2.24, 2.45) is 5.92 Å². The minimum atomic E-state index is -0.0334. The molecule has 8 nitrogen and oxygen atoms in total. The Morgan fingerprint density at radius 1 is 1.10 bits per heavy atom. The summed E-state index contributed by atoms with van der Waals surface area (Å²) in [5.74, 6) is 1.49. The molecule has 0 atom stereocenters. The molecule has 0 unspecified atom stereocenters. The zero-order chi connectivity index (χ0) is 20.2. The van der Waals surface area contributed by atoms with E-state index in [1.54, 1.807) is 23.1 Å². The monoisotopic (exact) mass is 431 g/mol. The molecule has 10 heteroatoms. The summed E-state index contributed by atoms with van der Waals surface area (Å²) in [5.41, 5.74) is 0.850. The van der Waals surface area contributed by atoms with Gasteiger partial charge in [-0.15, -0.1) is 0 Å². The maximum Gasteiger partial charge on any atom is 0.223 e. The molecule has 0 spiro atoms. The second kappa shape index (κ2) is 8.75. The highest BCUT2D eigenvalue weighted by Gasteiger charge is 2.26. The number of hydrogen-bond donors (Lipinski definition) is 1. The van der Waals surface area contributed by atoms with Crippen LogP contribution in [-0.2, 0) is 11.3 Å². The van der Waals surface area contributed by atoms with E-state index in [4.69, 9.17) is 23.2 Å². The number of carbonyl (C=O) groups is 1. The lowest BCUT2D eigenvalue weighted by Crippen LogP contribution is -2.40. The second-order valence-corrected chi connectivity index (χ2v) is 7.63. The number of rotatable bonds is 5. The molecule has 0 radical (unpaired) electrons. The predicted octanol–water partition coefficient (Wildman–Crippen LogP) is 2.90. The Bertz CT molecular complexity index is 988. The summed E-state index contributed by atoms with van der Waals surface area (Å²) in [4.78, 5) is 27.2. The number of aromatic nitrogens is 5. The van der Waals surface area contributed by atoms with Crippen molar-refractivity contribution in [3.63, 3.8) is 0 Å². The number of anilines is 1. The number of carbonyl (C=O) groups excluding carboxylic acids is 1. The first-order valence-corrected chi connectivity index (χ1v) is 9.99. The van der Waals surface area contributed by atoms with Gasteiger partial charge in [0.15, 0.2) is 5.82 Å². The molecule has 0 aliphatic carbocycles. The Labute approximate surface area is 177 Å². The lowest BCUT2D eigenvalue weighted by Gasteiger charge is -2.32. The fraction of sp³-hybridized carbons (Fsp3) is 0.316. The van der Waals surface area contributed by atoms with E-state index in [-0.39, 0.29) is 11.8 Å². The SMILES string of the molecule is O=C(NCc1ccc(Cl)cc1Cl)C1CCN(c2cc(-n3cncn3)ncn2)CC1. The van der Waals surface area contributed by atoms with Crippen LogP contribution < -0.4 is 10.2 Å². The molecule has 0 saturated carbocycles. The largest absolute Gasteiger partial charge is 0.356 e. The van der Waals surface area contributed by atoms with Crippen molar-refractivity contribution < 1.29 is 4.79 Å². The Hall–Kier alpha value is -2.71. The molecule has 1 amide bonds. The van der Waals surface area contributed by atoms with Crippen molar-refractivity contribution in [1.82, 2.24) is 30.0 Å². The quantitative estimate of drug-likeness (QED) is 0.667. The van der Waals surface area contributed by atoms with Crippen molar-refractivity contribution in [3.8, 4) is 5.82 Å². The molecule has 1 saturated heterocycles. The van der Waals surface area contributed by atoms with Gasteiger partial charge in [0.2, 0.25) is 5.91 Å². The van der Waals surface area contributed by atoms with Crippen LogP contribution in [0.15, 0.2) is 43.2 Å².